The van der Waals surface area contributed by atoms with Gasteiger partial charge in [0.25, 0.3) is 0 Å². The van der Waals surface area contributed by atoms with Crippen LogP contribution in [0.15, 0.2) is 42.5 Å². The predicted octanol–water partition coefficient (Wildman–Crippen LogP) is 3.76. The number of benzene rings is 2. The second-order valence-electron chi connectivity index (χ2n) is 6.17. The van der Waals surface area contributed by atoms with Crippen LogP contribution in [0.2, 0.25) is 0 Å². The van der Waals surface area contributed by atoms with Gasteiger partial charge in [0.05, 0.1) is 25.9 Å². The number of nitrogens with zero attached hydrogens (tertiary/aromatic N) is 1. The molecule has 2 aromatic rings. The number of halogens is 2. The third kappa shape index (κ3) is 5.82. The highest BCUT2D eigenvalue weighted by Gasteiger charge is 2.20. The zero-order valence-electron chi connectivity index (χ0n) is 16.2. The van der Waals surface area contributed by atoms with E-state index in [4.69, 9.17) is 9.47 Å². The fraction of sp³-hybridized carbons (Fsp3) is 0.350. The lowest BCUT2D eigenvalue weighted by atomic mass is 10.1. The molecule has 0 spiro atoms. The molecule has 0 aliphatic heterocycles. The minimum Gasteiger partial charge on any atom is -0.497 e. The number of carbonyl (C=O) groups excluding carboxylic acids is 1. The quantitative estimate of drug-likeness (QED) is 0.702. The smallest absolute Gasteiger partial charge is 0.387 e. The van der Waals surface area contributed by atoms with Crippen molar-refractivity contribution in [2.24, 2.45) is 0 Å². The van der Waals surface area contributed by atoms with E-state index in [0.717, 1.165) is 5.56 Å². The summed E-state index contributed by atoms with van der Waals surface area (Å²) in [6, 6.07) is 11.0. The second-order valence-corrected chi connectivity index (χ2v) is 6.17. The Morgan fingerprint density at radius 1 is 1.07 bits per heavy atom. The van der Waals surface area contributed by atoms with Crippen LogP contribution >= 0.6 is 0 Å². The minimum atomic E-state index is -2.86. The van der Waals surface area contributed by atoms with Gasteiger partial charge < -0.3 is 19.5 Å². The molecule has 1 unspecified atom stereocenters. The van der Waals surface area contributed by atoms with Crippen molar-refractivity contribution >= 4 is 11.6 Å². The molecule has 152 valence electrons. The maximum Gasteiger partial charge on any atom is 0.387 e. The standard InChI is InChI=1S/C20H24F2N2O4/c1-13(19(25)23-17-11-16(26-3)9-10-18(17)27-4)24(2)12-14-5-7-15(8-6-14)28-20(21)22/h5-11,13,20H,12H2,1-4H3,(H,23,25). The van der Waals surface area contributed by atoms with E-state index in [1.165, 1.54) is 19.2 Å². The first-order chi connectivity index (χ1) is 13.3. The van der Waals surface area contributed by atoms with E-state index in [1.807, 2.05) is 4.90 Å². The topological polar surface area (TPSA) is 60.0 Å². The third-order valence-electron chi connectivity index (χ3n) is 4.29. The molecule has 2 rings (SSSR count). The average Bonchev–Trinajstić information content (AvgIpc) is 2.68. The molecule has 8 heteroatoms. The molecule has 0 bridgehead atoms. The molecule has 0 aliphatic carbocycles. The summed E-state index contributed by atoms with van der Waals surface area (Å²) in [5, 5.41) is 2.84. The lowest BCUT2D eigenvalue weighted by Crippen LogP contribution is -2.39. The van der Waals surface area contributed by atoms with Crippen LogP contribution in [0.4, 0.5) is 14.5 Å². The van der Waals surface area contributed by atoms with Gasteiger partial charge in [-0.05, 0) is 43.8 Å². The van der Waals surface area contributed by atoms with Crippen LogP contribution in [0.25, 0.3) is 0 Å². The monoisotopic (exact) mass is 394 g/mol. The summed E-state index contributed by atoms with van der Waals surface area (Å²) in [5.74, 6) is 1.01. The molecule has 0 aromatic heterocycles. The first kappa shape index (κ1) is 21.4. The maximum atomic E-state index is 12.6. The largest absolute Gasteiger partial charge is 0.497 e. The Hall–Kier alpha value is -2.87. The van der Waals surface area contributed by atoms with Crippen LogP contribution in [0.3, 0.4) is 0 Å². The molecule has 1 amide bonds. The van der Waals surface area contributed by atoms with Crippen molar-refractivity contribution in [2.45, 2.75) is 26.1 Å². The number of nitrogens with one attached hydrogen (secondary N) is 1. The van der Waals surface area contributed by atoms with Crippen LogP contribution in [0, 0.1) is 0 Å². The molecule has 0 fully saturated rings. The highest BCUT2D eigenvalue weighted by molar-refractivity contribution is 5.96. The first-order valence-electron chi connectivity index (χ1n) is 8.61. The molecule has 6 nitrogen and oxygen atoms in total. The Labute approximate surface area is 163 Å². The van der Waals surface area contributed by atoms with E-state index in [1.54, 1.807) is 51.4 Å². The SMILES string of the molecule is COc1ccc(OC)c(NC(=O)C(C)N(C)Cc2ccc(OC(F)F)cc2)c1. The van der Waals surface area contributed by atoms with Crippen molar-refractivity contribution in [1.29, 1.82) is 0 Å². The lowest BCUT2D eigenvalue weighted by molar-refractivity contribution is -0.120. The number of alkyl halides is 2. The fourth-order valence-corrected chi connectivity index (χ4v) is 2.55. The van der Waals surface area contributed by atoms with E-state index >= 15 is 0 Å². The molecule has 1 atom stereocenters. The van der Waals surface area contributed by atoms with Gasteiger partial charge in [0.2, 0.25) is 5.91 Å². The van der Waals surface area contributed by atoms with E-state index in [-0.39, 0.29) is 11.7 Å². The number of rotatable bonds is 9. The summed E-state index contributed by atoms with van der Waals surface area (Å²) >= 11 is 0. The van der Waals surface area contributed by atoms with Crippen LogP contribution in [-0.2, 0) is 11.3 Å². The average molecular weight is 394 g/mol. The Balaban J connectivity index is 2.00. The number of hydrogen-bond donors (Lipinski definition) is 1. The number of carbonyl (C=O) groups is 1. The molecule has 0 saturated carbocycles. The van der Waals surface area contributed by atoms with Crippen LogP contribution in [0.1, 0.15) is 12.5 Å². The summed E-state index contributed by atoms with van der Waals surface area (Å²) in [7, 11) is 4.87. The summed E-state index contributed by atoms with van der Waals surface area (Å²) in [6.45, 7) is -0.625. The van der Waals surface area contributed by atoms with E-state index in [0.29, 0.717) is 23.7 Å². The summed E-state index contributed by atoms with van der Waals surface area (Å²) < 4.78 is 39.2. The zero-order valence-corrected chi connectivity index (χ0v) is 16.2. The zero-order chi connectivity index (χ0) is 20.7. The Morgan fingerprint density at radius 2 is 1.71 bits per heavy atom. The van der Waals surface area contributed by atoms with Gasteiger partial charge in [0, 0.05) is 12.6 Å². The Bertz CT molecular complexity index is 784. The molecule has 0 radical (unpaired) electrons. The third-order valence-corrected chi connectivity index (χ3v) is 4.29. The van der Waals surface area contributed by atoms with Crippen molar-refractivity contribution in [3.8, 4) is 17.2 Å². The Morgan fingerprint density at radius 3 is 2.29 bits per heavy atom. The van der Waals surface area contributed by atoms with Crippen molar-refractivity contribution < 1.29 is 27.8 Å². The van der Waals surface area contributed by atoms with Crippen LogP contribution < -0.4 is 19.5 Å². The van der Waals surface area contributed by atoms with Gasteiger partial charge in [0.1, 0.15) is 17.2 Å². The molecule has 0 aliphatic rings. The van der Waals surface area contributed by atoms with Crippen molar-refractivity contribution in [2.75, 3.05) is 26.6 Å². The second kappa shape index (κ2) is 9.89. The number of amides is 1. The van der Waals surface area contributed by atoms with Crippen molar-refractivity contribution in [3.63, 3.8) is 0 Å². The maximum absolute atomic E-state index is 12.6. The molecule has 0 saturated heterocycles. The minimum absolute atomic E-state index is 0.0947. The first-order valence-corrected chi connectivity index (χ1v) is 8.61. The van der Waals surface area contributed by atoms with Crippen LogP contribution in [-0.4, -0.2) is 44.7 Å². The van der Waals surface area contributed by atoms with Gasteiger partial charge in [-0.2, -0.15) is 8.78 Å². The molecule has 0 heterocycles. The van der Waals surface area contributed by atoms with E-state index < -0.39 is 12.7 Å². The summed E-state index contributed by atoms with van der Waals surface area (Å²) in [5.41, 5.74) is 1.38. The van der Waals surface area contributed by atoms with Gasteiger partial charge in [-0.25, -0.2) is 0 Å². The van der Waals surface area contributed by atoms with Crippen LogP contribution in [0.5, 0.6) is 17.2 Å². The number of anilines is 1. The molecule has 1 N–H and O–H groups in total. The van der Waals surface area contributed by atoms with Gasteiger partial charge >= 0.3 is 6.61 Å². The van der Waals surface area contributed by atoms with Crippen molar-refractivity contribution in [3.05, 3.63) is 48.0 Å². The number of ether oxygens (including phenoxy) is 3. The highest BCUT2D eigenvalue weighted by atomic mass is 19.3. The van der Waals surface area contributed by atoms with E-state index in [9.17, 15) is 13.6 Å². The lowest BCUT2D eigenvalue weighted by Gasteiger charge is -2.24. The Kier molecular flexibility index (Phi) is 7.57. The molecule has 2 aromatic carbocycles. The van der Waals surface area contributed by atoms with Gasteiger partial charge in [-0.1, -0.05) is 12.1 Å². The fourth-order valence-electron chi connectivity index (χ4n) is 2.55. The number of likely N-dealkylation sites (N-methyl/N-ethyl adjacent to an activating group) is 1. The molecule has 28 heavy (non-hydrogen) atoms. The van der Waals surface area contributed by atoms with Gasteiger partial charge in [0.15, 0.2) is 0 Å². The summed E-state index contributed by atoms with van der Waals surface area (Å²) in [6.07, 6.45) is 0. The van der Waals surface area contributed by atoms with Gasteiger partial charge in [-0.3, -0.25) is 9.69 Å². The van der Waals surface area contributed by atoms with Gasteiger partial charge in [-0.15, -0.1) is 0 Å². The normalized spacial score (nSPS) is 12.0. The predicted molar refractivity (Wildman–Crippen MR) is 102 cm³/mol. The molecular formula is C20H24F2N2O4. The number of hydrogen-bond acceptors (Lipinski definition) is 5. The number of methoxy groups -OCH3 is 2. The van der Waals surface area contributed by atoms with Crippen molar-refractivity contribution in [1.82, 2.24) is 4.90 Å². The molecular weight excluding hydrogens is 370 g/mol. The highest BCUT2D eigenvalue weighted by Crippen LogP contribution is 2.29. The summed E-state index contributed by atoms with van der Waals surface area (Å²) in [4.78, 5) is 14.5. The van der Waals surface area contributed by atoms with E-state index in [2.05, 4.69) is 10.1 Å².